The largest absolute Gasteiger partial charge is 0.451 e. The molecule has 1 fully saturated rings. The van der Waals surface area contributed by atoms with Gasteiger partial charge in [-0.05, 0) is 63.2 Å². The van der Waals surface area contributed by atoms with Gasteiger partial charge in [-0.25, -0.2) is 14.3 Å². The van der Waals surface area contributed by atoms with Crippen molar-refractivity contribution in [3.63, 3.8) is 0 Å². The zero-order chi connectivity index (χ0) is 46.4. The number of fused-ring (bicyclic) bond motifs is 2. The molecule has 9 rings (SSSR count). The minimum atomic E-state index is -1.37. The first-order chi connectivity index (χ1) is 32.7. The Hall–Kier alpha value is -7.37. The van der Waals surface area contributed by atoms with E-state index in [9.17, 15) is 28.8 Å². The fourth-order valence-corrected chi connectivity index (χ4v) is 10.7. The highest BCUT2D eigenvalue weighted by atomic mass is 32.2. The van der Waals surface area contributed by atoms with Gasteiger partial charge in [-0.3, -0.25) is 29.0 Å². The van der Waals surface area contributed by atoms with Gasteiger partial charge in [0.15, 0.2) is 12.2 Å². The lowest BCUT2D eigenvalue weighted by molar-refractivity contribution is -0.154. The van der Waals surface area contributed by atoms with Gasteiger partial charge >= 0.3 is 11.9 Å². The number of thioether (sulfide) groups is 2. The Morgan fingerprint density at radius 3 is 1.75 bits per heavy atom. The van der Waals surface area contributed by atoms with Crippen LogP contribution < -0.4 is 5.32 Å². The molecule has 15 nitrogen and oxygen atoms in total. The van der Waals surface area contributed by atoms with Gasteiger partial charge in [0, 0.05) is 25.0 Å². The van der Waals surface area contributed by atoms with Crippen molar-refractivity contribution >= 4 is 59.1 Å². The quantitative estimate of drug-likeness (QED) is 0.0456. The number of nitrogens with zero attached hydrogens (tertiary/aromatic N) is 6. The van der Waals surface area contributed by atoms with Crippen molar-refractivity contribution in [1.82, 2.24) is 35.3 Å². The maximum absolute atomic E-state index is 14.5. The van der Waals surface area contributed by atoms with E-state index < -0.39 is 65.2 Å². The third-order valence-electron chi connectivity index (χ3n) is 11.7. The predicted octanol–water partition coefficient (Wildman–Crippen LogP) is 6.46. The first-order valence-electron chi connectivity index (χ1n) is 21.6. The molecule has 3 aliphatic rings. The molecule has 3 aliphatic heterocycles. The molecule has 1 unspecified atom stereocenters. The van der Waals surface area contributed by atoms with Crippen molar-refractivity contribution in [2.75, 3.05) is 11.5 Å². The molecule has 0 radical (unpaired) electrons. The van der Waals surface area contributed by atoms with Crippen LogP contribution in [0.15, 0.2) is 162 Å². The number of hydrogen-bond acceptors (Lipinski definition) is 13. The molecule has 3 atom stereocenters. The number of aryl methyl sites for hydroxylation is 1. The van der Waals surface area contributed by atoms with Crippen LogP contribution in [0, 0.1) is 0 Å². The number of amides is 4. The number of aromatic nitrogens is 4. The number of rotatable bonds is 17. The van der Waals surface area contributed by atoms with Gasteiger partial charge in [-0.1, -0.05) is 145 Å². The van der Waals surface area contributed by atoms with Crippen LogP contribution in [0.4, 0.5) is 0 Å². The summed E-state index contributed by atoms with van der Waals surface area (Å²) in [6.45, 7) is 0. The lowest BCUT2D eigenvalue weighted by atomic mass is 10.0. The summed E-state index contributed by atoms with van der Waals surface area (Å²) < 4.78 is 14.0. The van der Waals surface area contributed by atoms with Gasteiger partial charge in [0.2, 0.25) is 11.1 Å². The van der Waals surface area contributed by atoms with E-state index in [1.165, 1.54) is 45.2 Å². The van der Waals surface area contributed by atoms with Crippen molar-refractivity contribution in [2.24, 2.45) is 7.05 Å². The predicted molar refractivity (Wildman–Crippen MR) is 248 cm³/mol. The highest BCUT2D eigenvalue weighted by molar-refractivity contribution is 8.01. The fourth-order valence-electron chi connectivity index (χ4n) is 8.35. The first-order valence-corrected chi connectivity index (χ1v) is 23.6. The van der Waals surface area contributed by atoms with Gasteiger partial charge in [0.05, 0.1) is 11.1 Å². The number of carbonyl (C=O) groups is 6. The van der Waals surface area contributed by atoms with Gasteiger partial charge in [0.1, 0.15) is 23.2 Å². The number of nitrogens with one attached hydrogen (secondary N) is 1. The highest BCUT2D eigenvalue weighted by Crippen LogP contribution is 2.43. The summed E-state index contributed by atoms with van der Waals surface area (Å²) >= 11 is 2.72. The molecule has 4 heterocycles. The second kappa shape index (κ2) is 20.0. The Labute approximate surface area is 393 Å². The fraction of sp³-hybridized carbons (Fsp3) is 0.220. The number of esters is 2. The minimum absolute atomic E-state index is 0.0545. The molecular weight excluding hydrogens is 891 g/mol. The molecule has 338 valence electrons. The van der Waals surface area contributed by atoms with Gasteiger partial charge in [0.25, 0.3) is 17.7 Å². The van der Waals surface area contributed by atoms with Crippen LogP contribution in [0.5, 0.6) is 0 Å². The number of carbonyl (C=O) groups excluding carboxylic acids is 6. The van der Waals surface area contributed by atoms with Crippen LogP contribution in [-0.4, -0.2) is 94.5 Å². The summed E-state index contributed by atoms with van der Waals surface area (Å²) in [5.41, 5.74) is 3.96. The van der Waals surface area contributed by atoms with Crippen molar-refractivity contribution in [3.05, 3.63) is 190 Å². The highest BCUT2D eigenvalue weighted by Gasteiger charge is 2.55. The summed E-state index contributed by atoms with van der Waals surface area (Å²) in [5.74, 6) is -3.12. The summed E-state index contributed by atoms with van der Waals surface area (Å²) in [7, 11) is 1.71. The molecule has 5 aromatic carbocycles. The molecule has 4 amide bonds. The maximum atomic E-state index is 14.5. The molecule has 1 saturated heterocycles. The smallest absolute Gasteiger partial charge is 0.356 e. The van der Waals surface area contributed by atoms with Gasteiger partial charge in [-0.2, -0.15) is 0 Å². The molecule has 6 aromatic rings. The normalized spacial score (nSPS) is 17.0. The first kappa shape index (κ1) is 44.8. The van der Waals surface area contributed by atoms with E-state index in [1.807, 2.05) is 121 Å². The Morgan fingerprint density at radius 2 is 1.24 bits per heavy atom. The van der Waals surface area contributed by atoms with E-state index in [-0.39, 0.29) is 41.8 Å². The molecule has 1 N–H and O–H groups in total. The van der Waals surface area contributed by atoms with Crippen LogP contribution >= 0.6 is 23.5 Å². The van der Waals surface area contributed by atoms with Gasteiger partial charge in [-0.15, -0.1) is 16.9 Å². The van der Waals surface area contributed by atoms with Crippen LogP contribution in [-0.2, 0) is 35.7 Å². The van der Waals surface area contributed by atoms with Crippen molar-refractivity contribution in [3.8, 4) is 0 Å². The number of β-lactam (4-membered cyclic amide) rings is 1. The standard InChI is InChI=1S/C50H43N7O8S2/c1-55-50(52-53-54-55)67-30-35-29-66-47-40(46(61)57(47)41(35)49(63)65-43(33-21-10-4-11-22-33)34-23-12-5-13-24-34)51-39(58)28-16-27-38(56-44(59)36-25-14-15-26-37(36)45(56)60)48(62)64-42(31-17-6-2-7-18-31)32-19-8-3-9-20-32/h2-15,17-26,38,40,42-43,47H,16,27-30H2,1H3,(H,51,58)/t38?,40-,47-/m1/s1. The molecule has 0 saturated carbocycles. The average molecular weight is 934 g/mol. The van der Waals surface area contributed by atoms with E-state index >= 15 is 0 Å². The monoisotopic (exact) mass is 933 g/mol. The molecule has 0 aliphatic carbocycles. The molecule has 17 heteroatoms. The summed E-state index contributed by atoms with van der Waals surface area (Å²) in [4.78, 5) is 86.5. The number of imide groups is 1. The number of benzene rings is 5. The Bertz CT molecular complexity index is 2730. The SMILES string of the molecule is Cn1nnnc1SCC1=C(C(=O)OC(c2ccccc2)c2ccccc2)N2C(=O)[C@@H](NC(=O)CCCC(C(=O)OC(c3ccccc3)c3ccccc3)N3C(=O)c4ccccc4C3=O)[C@H]2SC1. The van der Waals surface area contributed by atoms with E-state index in [0.29, 0.717) is 27.6 Å². The lowest BCUT2D eigenvalue weighted by Gasteiger charge is -2.50. The molecular formula is C50H43N7O8S2. The maximum Gasteiger partial charge on any atom is 0.356 e. The van der Waals surface area contributed by atoms with E-state index in [2.05, 4.69) is 20.8 Å². The van der Waals surface area contributed by atoms with Crippen LogP contribution in [0.3, 0.4) is 0 Å². The van der Waals surface area contributed by atoms with Crippen LogP contribution in [0.1, 0.15) is 74.4 Å². The van der Waals surface area contributed by atoms with Crippen molar-refractivity contribution in [1.29, 1.82) is 0 Å². The Kier molecular flexibility index (Phi) is 13.4. The summed E-state index contributed by atoms with van der Waals surface area (Å²) in [6, 6.07) is 41.0. The molecule has 67 heavy (non-hydrogen) atoms. The van der Waals surface area contributed by atoms with Crippen LogP contribution in [0.2, 0.25) is 0 Å². The average Bonchev–Trinajstić information content (AvgIpc) is 3.90. The second-order valence-electron chi connectivity index (χ2n) is 16.0. The lowest BCUT2D eigenvalue weighted by Crippen LogP contribution is -2.70. The van der Waals surface area contributed by atoms with Crippen molar-refractivity contribution < 1.29 is 38.2 Å². The summed E-state index contributed by atoms with van der Waals surface area (Å²) in [6.07, 6.45) is -1.81. The summed E-state index contributed by atoms with van der Waals surface area (Å²) in [5, 5.41) is 14.4. The molecule has 1 aromatic heterocycles. The zero-order valence-electron chi connectivity index (χ0n) is 36.0. The third kappa shape index (κ3) is 9.37. The van der Waals surface area contributed by atoms with E-state index in [0.717, 1.165) is 16.0 Å². The Balaban J connectivity index is 0.913. The number of ether oxygens (including phenoxy) is 2. The minimum Gasteiger partial charge on any atom is -0.451 e. The third-order valence-corrected chi connectivity index (χ3v) is 14.1. The van der Waals surface area contributed by atoms with Crippen LogP contribution in [0.25, 0.3) is 0 Å². The van der Waals surface area contributed by atoms with Crippen molar-refractivity contribution in [2.45, 2.75) is 54.1 Å². The van der Waals surface area contributed by atoms with Gasteiger partial charge < -0.3 is 14.8 Å². The molecule has 0 bridgehead atoms. The number of hydrogen-bond donors (Lipinski definition) is 1. The second-order valence-corrected chi connectivity index (χ2v) is 18.0. The van der Waals surface area contributed by atoms with E-state index in [4.69, 9.17) is 9.47 Å². The Morgan fingerprint density at radius 1 is 0.731 bits per heavy atom. The molecule has 0 spiro atoms. The number of tetrazole rings is 1. The zero-order valence-corrected chi connectivity index (χ0v) is 37.7. The van der Waals surface area contributed by atoms with E-state index in [1.54, 1.807) is 19.2 Å². The topological polar surface area (TPSA) is 183 Å².